The van der Waals surface area contributed by atoms with E-state index in [2.05, 4.69) is 32.6 Å². The van der Waals surface area contributed by atoms with Gasteiger partial charge < -0.3 is 0 Å². The maximum atomic E-state index is 11.5. The lowest BCUT2D eigenvalue weighted by Gasteiger charge is -2.41. The summed E-state index contributed by atoms with van der Waals surface area (Å²) < 4.78 is 0. The second-order valence-electron chi connectivity index (χ2n) is 5.23. The molecule has 0 aromatic carbocycles. The van der Waals surface area contributed by atoms with Crippen LogP contribution in [0.25, 0.3) is 0 Å². The minimum atomic E-state index is -0.198. The molecule has 1 fully saturated rings. The Balaban J connectivity index is 2.61. The van der Waals surface area contributed by atoms with Gasteiger partial charge >= 0.3 is 0 Å². The number of hydrogen-bond acceptors (Lipinski definition) is 3. The summed E-state index contributed by atoms with van der Waals surface area (Å²) in [5.41, 5.74) is -0.198. The summed E-state index contributed by atoms with van der Waals surface area (Å²) in [6, 6.07) is 0.586. The average molecular weight is 229 g/mol. The van der Waals surface area contributed by atoms with Crippen molar-refractivity contribution in [2.24, 2.45) is 5.41 Å². The number of nitrogens with zero attached hydrogens (tertiary/aromatic N) is 1. The number of ketones is 1. The fourth-order valence-electron chi connectivity index (χ4n) is 1.84. The van der Waals surface area contributed by atoms with Gasteiger partial charge in [-0.3, -0.25) is 9.69 Å². The Hall–Kier alpha value is -0.0200. The molecule has 2 unspecified atom stereocenters. The Kier molecular flexibility index (Phi) is 4.24. The molecule has 1 heterocycles. The van der Waals surface area contributed by atoms with E-state index in [1.807, 2.05) is 11.8 Å². The molecule has 88 valence electrons. The van der Waals surface area contributed by atoms with E-state index in [0.29, 0.717) is 17.1 Å². The molecule has 0 aliphatic carbocycles. The molecule has 2 nitrogen and oxygen atoms in total. The van der Waals surface area contributed by atoms with Crippen molar-refractivity contribution in [3.63, 3.8) is 0 Å². The van der Waals surface area contributed by atoms with Crippen molar-refractivity contribution in [1.29, 1.82) is 0 Å². The Labute approximate surface area is 97.8 Å². The van der Waals surface area contributed by atoms with Crippen molar-refractivity contribution < 1.29 is 4.79 Å². The van der Waals surface area contributed by atoms with Crippen LogP contribution in [0.15, 0.2) is 0 Å². The Morgan fingerprint density at radius 3 is 2.60 bits per heavy atom. The number of carbonyl (C=O) groups excluding carboxylic acids is 1. The largest absolute Gasteiger partial charge is 0.299 e. The minimum absolute atomic E-state index is 0.198. The third-order valence-corrected chi connectivity index (χ3v) is 4.90. The van der Waals surface area contributed by atoms with Crippen molar-refractivity contribution in [1.82, 2.24) is 4.90 Å². The number of Topliss-reactive ketones (excluding diaryl/α,β-unsaturated/α-hetero) is 1. The lowest BCUT2D eigenvalue weighted by Crippen LogP contribution is -2.49. The minimum Gasteiger partial charge on any atom is -0.299 e. The first kappa shape index (κ1) is 13.0. The lowest BCUT2D eigenvalue weighted by molar-refractivity contribution is -0.126. The summed E-state index contributed by atoms with van der Waals surface area (Å²) in [6.45, 7) is 12.4. The molecule has 1 aliphatic heterocycles. The number of rotatable bonds is 3. The Bertz CT molecular complexity index is 240. The summed E-state index contributed by atoms with van der Waals surface area (Å²) in [5.74, 6) is 1.49. The first-order valence-electron chi connectivity index (χ1n) is 5.71. The molecule has 1 rings (SSSR count). The van der Waals surface area contributed by atoms with E-state index in [-0.39, 0.29) is 5.41 Å². The maximum Gasteiger partial charge on any atom is 0.136 e. The summed E-state index contributed by atoms with van der Waals surface area (Å²) in [6.07, 6.45) is 0. The fourth-order valence-corrected chi connectivity index (χ4v) is 3.00. The first-order valence-corrected chi connectivity index (χ1v) is 6.76. The highest BCUT2D eigenvalue weighted by Crippen LogP contribution is 2.28. The summed E-state index contributed by atoms with van der Waals surface area (Å²) in [7, 11) is 0. The number of hydrogen-bond donors (Lipinski definition) is 0. The molecule has 0 saturated carbocycles. The van der Waals surface area contributed by atoms with Crippen molar-refractivity contribution in [2.45, 2.75) is 45.9 Å². The molecule has 0 spiro atoms. The van der Waals surface area contributed by atoms with Crippen LogP contribution in [-0.2, 0) is 4.79 Å². The molecule has 1 saturated heterocycles. The van der Waals surface area contributed by atoms with Crippen LogP contribution in [-0.4, -0.2) is 40.8 Å². The smallest absolute Gasteiger partial charge is 0.136 e. The van der Waals surface area contributed by atoms with Crippen molar-refractivity contribution in [2.75, 3.05) is 18.8 Å². The van der Waals surface area contributed by atoms with E-state index in [1.165, 1.54) is 5.75 Å². The van der Waals surface area contributed by atoms with Gasteiger partial charge in [-0.05, 0) is 13.8 Å². The van der Waals surface area contributed by atoms with Gasteiger partial charge in [0.2, 0.25) is 0 Å². The molecule has 15 heavy (non-hydrogen) atoms. The van der Waals surface area contributed by atoms with E-state index in [0.717, 1.165) is 13.1 Å². The summed E-state index contributed by atoms with van der Waals surface area (Å²) in [5, 5.41) is 0.682. The van der Waals surface area contributed by atoms with Crippen LogP contribution in [0.5, 0.6) is 0 Å². The molecule has 1 aliphatic rings. The summed E-state index contributed by atoms with van der Waals surface area (Å²) in [4.78, 5) is 14.0. The molecular weight excluding hydrogens is 206 g/mol. The highest BCUT2D eigenvalue weighted by Gasteiger charge is 2.32. The molecular formula is C12H23NOS. The zero-order valence-electron chi connectivity index (χ0n) is 10.5. The lowest BCUT2D eigenvalue weighted by atomic mass is 9.87. The van der Waals surface area contributed by atoms with Crippen LogP contribution >= 0.6 is 11.8 Å². The highest BCUT2D eigenvalue weighted by molar-refractivity contribution is 8.00. The van der Waals surface area contributed by atoms with Gasteiger partial charge in [-0.1, -0.05) is 20.8 Å². The molecule has 2 atom stereocenters. The van der Waals surface area contributed by atoms with Gasteiger partial charge in [-0.15, -0.1) is 0 Å². The van der Waals surface area contributed by atoms with Gasteiger partial charge in [0, 0.05) is 35.5 Å². The van der Waals surface area contributed by atoms with Gasteiger partial charge in [0.15, 0.2) is 0 Å². The van der Waals surface area contributed by atoms with E-state index in [1.54, 1.807) is 6.92 Å². The van der Waals surface area contributed by atoms with Crippen LogP contribution in [0, 0.1) is 5.41 Å². The van der Waals surface area contributed by atoms with Crippen molar-refractivity contribution in [3.05, 3.63) is 0 Å². The van der Waals surface area contributed by atoms with E-state index in [9.17, 15) is 4.79 Å². The monoisotopic (exact) mass is 229 g/mol. The van der Waals surface area contributed by atoms with Crippen LogP contribution in [0.1, 0.15) is 34.6 Å². The summed E-state index contributed by atoms with van der Waals surface area (Å²) >= 11 is 2.04. The van der Waals surface area contributed by atoms with Crippen LogP contribution in [0.2, 0.25) is 0 Å². The first-order chi connectivity index (χ1) is 6.84. The highest BCUT2D eigenvalue weighted by atomic mass is 32.2. The van der Waals surface area contributed by atoms with Gasteiger partial charge in [0.05, 0.1) is 0 Å². The van der Waals surface area contributed by atoms with Crippen molar-refractivity contribution in [3.8, 4) is 0 Å². The SMILES string of the molecule is CC(=O)C(C)(C)CN1CCSC(C)C1C. The van der Waals surface area contributed by atoms with Gasteiger partial charge in [-0.2, -0.15) is 11.8 Å². The van der Waals surface area contributed by atoms with Crippen LogP contribution in [0.3, 0.4) is 0 Å². The zero-order valence-corrected chi connectivity index (χ0v) is 11.4. The van der Waals surface area contributed by atoms with E-state index < -0.39 is 0 Å². The Morgan fingerprint density at radius 1 is 1.47 bits per heavy atom. The second kappa shape index (κ2) is 4.88. The van der Waals surface area contributed by atoms with Gasteiger partial charge in [-0.25, -0.2) is 0 Å². The second-order valence-corrected chi connectivity index (χ2v) is 6.71. The van der Waals surface area contributed by atoms with E-state index >= 15 is 0 Å². The number of carbonyl (C=O) groups is 1. The molecule has 0 bridgehead atoms. The third kappa shape index (κ3) is 3.22. The molecule has 0 aromatic rings. The molecule has 0 radical (unpaired) electrons. The van der Waals surface area contributed by atoms with Gasteiger partial charge in [0.1, 0.15) is 5.78 Å². The van der Waals surface area contributed by atoms with Gasteiger partial charge in [0.25, 0.3) is 0 Å². The molecule has 0 aromatic heterocycles. The maximum absolute atomic E-state index is 11.5. The fraction of sp³-hybridized carbons (Fsp3) is 0.917. The van der Waals surface area contributed by atoms with Crippen LogP contribution in [0.4, 0.5) is 0 Å². The quantitative estimate of drug-likeness (QED) is 0.741. The molecule has 3 heteroatoms. The normalized spacial score (nSPS) is 29.1. The molecule has 0 amide bonds. The average Bonchev–Trinajstić information content (AvgIpc) is 2.12. The third-order valence-electron chi connectivity index (χ3n) is 3.57. The Morgan fingerprint density at radius 2 is 2.07 bits per heavy atom. The predicted octanol–water partition coefficient (Wildman–Crippen LogP) is 2.43. The predicted molar refractivity (Wildman–Crippen MR) is 67.4 cm³/mol. The standard InChI is InChI=1S/C12H23NOS/c1-9-10(2)15-7-6-13(9)8-12(4,5)11(3)14/h9-10H,6-8H2,1-5H3. The van der Waals surface area contributed by atoms with Crippen molar-refractivity contribution >= 4 is 17.5 Å². The van der Waals surface area contributed by atoms with E-state index in [4.69, 9.17) is 0 Å². The van der Waals surface area contributed by atoms with Crippen LogP contribution < -0.4 is 0 Å². The molecule has 0 N–H and O–H groups in total. The number of thioether (sulfide) groups is 1. The zero-order chi connectivity index (χ0) is 11.6. The topological polar surface area (TPSA) is 20.3 Å².